The van der Waals surface area contributed by atoms with Crippen LogP contribution in [0.3, 0.4) is 0 Å². The molecule has 2 aromatic carbocycles. The first-order valence-electron chi connectivity index (χ1n) is 8.52. The number of carbonyl (C=O) groups is 1. The number of fused-ring (bicyclic) bond motifs is 1. The molecule has 2 heterocycles. The van der Waals surface area contributed by atoms with Crippen molar-refractivity contribution in [3.8, 4) is 0 Å². The lowest BCUT2D eigenvalue weighted by Gasteiger charge is -2.10. The van der Waals surface area contributed by atoms with Crippen molar-refractivity contribution in [1.29, 1.82) is 0 Å². The number of nitrogens with zero attached hydrogens (tertiary/aromatic N) is 2. The third-order valence-electron chi connectivity index (χ3n) is 4.02. The molecule has 0 aliphatic rings. The Morgan fingerprint density at radius 1 is 1.10 bits per heavy atom. The summed E-state index contributed by atoms with van der Waals surface area (Å²) < 4.78 is 5.87. The van der Waals surface area contributed by atoms with Crippen LogP contribution in [0.1, 0.15) is 10.4 Å². The molecule has 0 fully saturated rings. The minimum absolute atomic E-state index is 0.374. The Hall–Kier alpha value is -2.59. The Kier molecular flexibility index (Phi) is 6.00. The monoisotopic (exact) mass is 440 g/mol. The number of benzene rings is 2. The Labute approximate surface area is 180 Å². The third kappa shape index (κ3) is 4.38. The van der Waals surface area contributed by atoms with Crippen LogP contribution in [0.2, 0.25) is 0 Å². The van der Waals surface area contributed by atoms with E-state index in [1.54, 1.807) is 17.4 Å². The number of aromatic nitrogens is 2. The van der Waals surface area contributed by atoms with Crippen LogP contribution in [-0.2, 0) is 4.74 Å². The Morgan fingerprint density at radius 2 is 1.90 bits per heavy atom. The molecular weight excluding hydrogens is 424 g/mol. The van der Waals surface area contributed by atoms with E-state index >= 15 is 0 Å². The number of thiophene rings is 1. The standard InChI is InChI=1S/C20H16N4O2S3/c1-26-19(25)14-4-2-3-5-16(14)28-18-17-15(10-11-27-17)23-20(24-18)22-12-6-8-13(29-21)9-7-12/h2-11H,21H2,1H3,(H,22,23,24). The van der Waals surface area contributed by atoms with Crippen molar-refractivity contribution in [1.82, 2.24) is 9.97 Å². The molecule has 6 nitrogen and oxygen atoms in total. The van der Waals surface area contributed by atoms with Crippen LogP contribution in [0.4, 0.5) is 11.6 Å². The number of nitrogens with two attached hydrogens (primary N) is 1. The first-order chi connectivity index (χ1) is 14.2. The first-order valence-corrected chi connectivity index (χ1v) is 11.1. The molecule has 0 atom stereocenters. The van der Waals surface area contributed by atoms with E-state index in [4.69, 9.17) is 14.9 Å². The molecule has 4 aromatic rings. The summed E-state index contributed by atoms with van der Waals surface area (Å²) in [5.74, 6) is 0.114. The lowest BCUT2D eigenvalue weighted by molar-refractivity contribution is 0.0597. The Bertz CT molecular complexity index is 1160. The topological polar surface area (TPSA) is 90.1 Å². The number of carbonyl (C=O) groups excluding carboxylic acids is 1. The maximum Gasteiger partial charge on any atom is 0.339 e. The molecule has 3 N–H and O–H groups in total. The molecule has 0 radical (unpaired) electrons. The van der Waals surface area contributed by atoms with Gasteiger partial charge in [0.05, 0.1) is 22.9 Å². The predicted molar refractivity (Wildman–Crippen MR) is 119 cm³/mol. The van der Waals surface area contributed by atoms with E-state index in [0.717, 1.165) is 30.7 Å². The molecule has 0 unspecified atom stereocenters. The van der Waals surface area contributed by atoms with E-state index in [1.165, 1.54) is 30.8 Å². The zero-order valence-electron chi connectivity index (χ0n) is 15.3. The summed E-state index contributed by atoms with van der Waals surface area (Å²) in [6, 6.07) is 17.0. The van der Waals surface area contributed by atoms with Gasteiger partial charge in [0.2, 0.25) is 5.95 Å². The van der Waals surface area contributed by atoms with E-state index in [2.05, 4.69) is 10.3 Å². The van der Waals surface area contributed by atoms with Crippen LogP contribution in [0.15, 0.2) is 74.8 Å². The molecule has 0 spiro atoms. The summed E-state index contributed by atoms with van der Waals surface area (Å²) in [5, 5.41) is 11.6. The number of esters is 1. The van der Waals surface area contributed by atoms with Crippen LogP contribution in [0.25, 0.3) is 10.2 Å². The summed E-state index contributed by atoms with van der Waals surface area (Å²) in [6.07, 6.45) is 0. The fourth-order valence-electron chi connectivity index (χ4n) is 2.65. The van der Waals surface area contributed by atoms with Crippen molar-refractivity contribution in [3.63, 3.8) is 0 Å². The van der Waals surface area contributed by atoms with Gasteiger partial charge < -0.3 is 10.1 Å². The molecule has 0 aliphatic carbocycles. The third-order valence-corrected chi connectivity index (χ3v) is 6.67. The molecule has 0 saturated carbocycles. The van der Waals surface area contributed by atoms with E-state index in [9.17, 15) is 4.79 Å². The molecule has 146 valence electrons. The quantitative estimate of drug-likeness (QED) is 0.236. The average molecular weight is 441 g/mol. The number of hydrogen-bond donors (Lipinski definition) is 2. The maximum atomic E-state index is 12.1. The number of methoxy groups -OCH3 is 1. The number of ether oxygens (including phenoxy) is 1. The van der Waals surface area contributed by atoms with Gasteiger partial charge in [-0.3, -0.25) is 5.14 Å². The van der Waals surface area contributed by atoms with Crippen LogP contribution in [-0.4, -0.2) is 23.0 Å². The van der Waals surface area contributed by atoms with Gasteiger partial charge in [0.25, 0.3) is 0 Å². The van der Waals surface area contributed by atoms with Gasteiger partial charge in [-0.2, -0.15) is 0 Å². The Balaban J connectivity index is 1.69. The van der Waals surface area contributed by atoms with Crippen molar-refractivity contribution in [3.05, 3.63) is 65.5 Å². The normalized spacial score (nSPS) is 10.8. The summed E-state index contributed by atoms with van der Waals surface area (Å²) in [4.78, 5) is 23.2. The lowest BCUT2D eigenvalue weighted by Crippen LogP contribution is -2.03. The SMILES string of the molecule is COC(=O)c1ccccc1Sc1nc(Nc2ccc(SN)cc2)nc2ccsc12. The van der Waals surface area contributed by atoms with E-state index in [1.807, 2.05) is 53.9 Å². The summed E-state index contributed by atoms with van der Waals surface area (Å²) in [6.45, 7) is 0. The first kappa shape index (κ1) is 19.7. The van der Waals surface area contributed by atoms with Crippen LogP contribution in [0.5, 0.6) is 0 Å². The number of rotatable bonds is 6. The lowest BCUT2D eigenvalue weighted by atomic mass is 10.2. The van der Waals surface area contributed by atoms with E-state index in [-0.39, 0.29) is 5.97 Å². The zero-order chi connectivity index (χ0) is 20.2. The Morgan fingerprint density at radius 3 is 2.66 bits per heavy atom. The second-order valence-corrected chi connectivity index (χ2v) is 8.50. The van der Waals surface area contributed by atoms with Crippen molar-refractivity contribution < 1.29 is 9.53 Å². The minimum Gasteiger partial charge on any atom is -0.465 e. The van der Waals surface area contributed by atoms with Crippen molar-refractivity contribution in [2.24, 2.45) is 5.14 Å². The molecule has 0 amide bonds. The number of anilines is 2. The fraction of sp³-hybridized carbons (Fsp3) is 0.0500. The molecule has 2 aromatic heterocycles. The summed E-state index contributed by atoms with van der Waals surface area (Å²) in [5.41, 5.74) is 2.22. The largest absolute Gasteiger partial charge is 0.465 e. The fourth-order valence-corrected chi connectivity index (χ4v) is 4.87. The van der Waals surface area contributed by atoms with Crippen molar-refractivity contribution in [2.45, 2.75) is 14.8 Å². The highest BCUT2D eigenvalue weighted by atomic mass is 32.2. The van der Waals surface area contributed by atoms with Crippen molar-refractivity contribution >= 4 is 62.9 Å². The maximum absolute atomic E-state index is 12.1. The highest BCUT2D eigenvalue weighted by Gasteiger charge is 2.16. The van der Waals surface area contributed by atoms with Crippen molar-refractivity contribution in [2.75, 3.05) is 12.4 Å². The zero-order valence-corrected chi connectivity index (χ0v) is 17.7. The van der Waals surface area contributed by atoms with Gasteiger partial charge in [-0.15, -0.1) is 11.3 Å². The van der Waals surface area contributed by atoms with Crippen LogP contribution >= 0.6 is 35.0 Å². The van der Waals surface area contributed by atoms with Gasteiger partial charge in [0.1, 0.15) is 5.03 Å². The van der Waals surface area contributed by atoms with E-state index in [0.29, 0.717) is 11.5 Å². The summed E-state index contributed by atoms with van der Waals surface area (Å²) >= 11 is 4.19. The highest BCUT2D eigenvalue weighted by Crippen LogP contribution is 2.37. The van der Waals surface area contributed by atoms with Gasteiger partial charge in [-0.05, 0) is 59.8 Å². The second kappa shape index (κ2) is 8.83. The molecular formula is C20H16N4O2S3. The predicted octanol–water partition coefficient (Wildman–Crippen LogP) is 5.34. The molecule has 0 saturated heterocycles. The minimum atomic E-state index is -0.374. The van der Waals surface area contributed by atoms with Gasteiger partial charge in [-0.25, -0.2) is 14.8 Å². The van der Waals surface area contributed by atoms with Crippen LogP contribution < -0.4 is 10.5 Å². The average Bonchev–Trinajstić information content (AvgIpc) is 3.23. The molecule has 4 rings (SSSR count). The molecule has 9 heteroatoms. The molecule has 0 aliphatic heterocycles. The van der Waals surface area contributed by atoms with Gasteiger partial charge in [0, 0.05) is 15.5 Å². The highest BCUT2D eigenvalue weighted by molar-refractivity contribution is 7.99. The number of nitrogens with one attached hydrogen (secondary N) is 1. The number of hydrogen-bond acceptors (Lipinski definition) is 9. The summed E-state index contributed by atoms with van der Waals surface area (Å²) in [7, 11) is 1.38. The smallest absolute Gasteiger partial charge is 0.339 e. The molecule has 0 bridgehead atoms. The van der Waals surface area contributed by atoms with Gasteiger partial charge in [-0.1, -0.05) is 23.9 Å². The molecule has 29 heavy (non-hydrogen) atoms. The van der Waals surface area contributed by atoms with E-state index < -0.39 is 0 Å². The van der Waals surface area contributed by atoms with Gasteiger partial charge in [0.15, 0.2) is 0 Å². The van der Waals surface area contributed by atoms with Gasteiger partial charge >= 0.3 is 5.97 Å². The second-order valence-electron chi connectivity index (χ2n) is 5.84. The van der Waals surface area contributed by atoms with Crippen LogP contribution in [0, 0.1) is 0 Å².